The van der Waals surface area contributed by atoms with Gasteiger partial charge in [0, 0.05) is 0 Å². The number of aromatic nitrogens is 2. The number of imidazole rings is 1. The van der Waals surface area contributed by atoms with E-state index in [9.17, 15) is 9.59 Å². The summed E-state index contributed by atoms with van der Waals surface area (Å²) in [5.41, 5.74) is 3.14. The molecule has 3 aromatic rings. The summed E-state index contributed by atoms with van der Waals surface area (Å²) in [7, 11) is 0. The van der Waals surface area contributed by atoms with E-state index in [-0.39, 0.29) is 18.2 Å². The van der Waals surface area contributed by atoms with E-state index in [1.807, 2.05) is 37.3 Å². The van der Waals surface area contributed by atoms with E-state index in [1.54, 1.807) is 16.7 Å². The number of nitrogens with one attached hydrogen (secondary N) is 2. The Kier molecular flexibility index (Phi) is 3.69. The Balaban J connectivity index is 1.59. The number of halogens is 1. The van der Waals surface area contributed by atoms with Crippen LogP contribution in [0.15, 0.2) is 42.5 Å². The van der Waals surface area contributed by atoms with Crippen molar-refractivity contribution in [3.8, 4) is 0 Å². The predicted octanol–water partition coefficient (Wildman–Crippen LogP) is 3.52. The zero-order valence-corrected chi connectivity index (χ0v) is 14.2. The molecule has 1 aliphatic heterocycles. The van der Waals surface area contributed by atoms with Crippen molar-refractivity contribution in [3.63, 3.8) is 0 Å². The molecule has 6 nitrogen and oxygen atoms in total. The first-order valence-corrected chi connectivity index (χ1v) is 8.24. The number of carbonyl (C=O) groups excluding carboxylic acids is 2. The van der Waals surface area contributed by atoms with Gasteiger partial charge in [-0.25, -0.2) is 4.98 Å². The maximum Gasteiger partial charge on any atom is 0.250 e. The number of nitrogens with zero attached hydrogens (tertiary/aromatic N) is 2. The Morgan fingerprint density at radius 1 is 1.32 bits per heavy atom. The van der Waals surface area contributed by atoms with E-state index < -0.39 is 6.04 Å². The Morgan fingerprint density at radius 3 is 2.92 bits per heavy atom. The van der Waals surface area contributed by atoms with Crippen molar-refractivity contribution in [1.29, 1.82) is 0 Å². The van der Waals surface area contributed by atoms with E-state index in [1.165, 1.54) is 0 Å². The molecule has 7 heteroatoms. The molecule has 0 bridgehead atoms. The van der Waals surface area contributed by atoms with Gasteiger partial charge in [-0.1, -0.05) is 29.8 Å². The van der Waals surface area contributed by atoms with Crippen LogP contribution >= 0.6 is 11.6 Å². The Labute approximate surface area is 148 Å². The molecule has 1 unspecified atom stereocenters. The third-order valence-electron chi connectivity index (χ3n) is 4.22. The lowest BCUT2D eigenvalue weighted by Crippen LogP contribution is -2.23. The minimum absolute atomic E-state index is 0.00337. The van der Waals surface area contributed by atoms with Crippen LogP contribution in [0, 0.1) is 6.92 Å². The molecule has 0 saturated carbocycles. The molecule has 25 heavy (non-hydrogen) atoms. The maximum atomic E-state index is 12.4. The van der Waals surface area contributed by atoms with Crippen LogP contribution < -0.4 is 10.6 Å². The molecule has 4 rings (SSSR count). The van der Waals surface area contributed by atoms with E-state index >= 15 is 0 Å². The molecule has 1 aromatic heterocycles. The van der Waals surface area contributed by atoms with Crippen LogP contribution in [0.2, 0.25) is 5.02 Å². The van der Waals surface area contributed by atoms with Crippen molar-refractivity contribution in [1.82, 2.24) is 9.55 Å². The lowest BCUT2D eigenvalue weighted by atomic mass is 10.1. The standard InChI is InChI=1S/C18H15ClN4O2/c1-10-6-7-12(11(19)8-10)20-16(24)9-15-17(25)22-18-21-13-4-2-3-5-14(13)23(15)18/h2-8,15H,9H2,1H3,(H,20,24)(H,21,22,25). The summed E-state index contributed by atoms with van der Waals surface area (Å²) in [6.45, 7) is 1.92. The molecule has 0 fully saturated rings. The SMILES string of the molecule is Cc1ccc(NC(=O)CC2C(=O)Nc3nc4ccccc4n32)c(Cl)c1. The van der Waals surface area contributed by atoms with Crippen LogP contribution in [-0.2, 0) is 9.59 Å². The van der Waals surface area contributed by atoms with E-state index in [0.29, 0.717) is 16.7 Å². The fraction of sp³-hybridized carbons (Fsp3) is 0.167. The second-order valence-corrected chi connectivity index (χ2v) is 6.44. The smallest absolute Gasteiger partial charge is 0.250 e. The summed E-state index contributed by atoms with van der Waals surface area (Å²) in [5.74, 6) is -0.0488. The molecule has 0 spiro atoms. The predicted molar refractivity (Wildman–Crippen MR) is 96.8 cm³/mol. The first kappa shape index (κ1) is 15.7. The molecule has 2 amide bonds. The largest absolute Gasteiger partial charge is 0.325 e. The Hall–Kier alpha value is -2.86. The summed E-state index contributed by atoms with van der Waals surface area (Å²) >= 11 is 6.15. The van der Waals surface area contributed by atoms with Gasteiger partial charge in [-0.3, -0.25) is 19.5 Å². The normalized spacial score (nSPS) is 15.9. The number of rotatable bonds is 3. The van der Waals surface area contributed by atoms with Gasteiger partial charge in [0.25, 0.3) is 0 Å². The third-order valence-corrected chi connectivity index (χ3v) is 4.54. The Morgan fingerprint density at radius 2 is 2.12 bits per heavy atom. The van der Waals surface area contributed by atoms with Crippen LogP contribution in [0.3, 0.4) is 0 Å². The number of benzene rings is 2. The Bertz CT molecular complexity index is 1010. The second-order valence-electron chi connectivity index (χ2n) is 6.03. The van der Waals surface area contributed by atoms with Crippen molar-refractivity contribution < 1.29 is 9.59 Å². The minimum atomic E-state index is -0.633. The summed E-state index contributed by atoms with van der Waals surface area (Å²) in [6, 6.07) is 12.3. The number of anilines is 2. The van der Waals surface area contributed by atoms with Crippen LogP contribution in [0.4, 0.5) is 11.6 Å². The van der Waals surface area contributed by atoms with Gasteiger partial charge in [0.15, 0.2) is 0 Å². The molecule has 1 atom stereocenters. The number of carbonyl (C=O) groups is 2. The molecule has 2 aromatic carbocycles. The lowest BCUT2D eigenvalue weighted by molar-refractivity contribution is -0.123. The quantitative estimate of drug-likeness (QED) is 0.755. The third kappa shape index (κ3) is 2.74. The summed E-state index contributed by atoms with van der Waals surface area (Å²) in [4.78, 5) is 29.1. The highest BCUT2D eigenvalue weighted by Gasteiger charge is 2.34. The number of hydrogen-bond acceptors (Lipinski definition) is 3. The summed E-state index contributed by atoms with van der Waals surface area (Å²) in [6.07, 6.45) is 0.00337. The average Bonchev–Trinajstić information content (AvgIpc) is 3.06. The van der Waals surface area contributed by atoms with Gasteiger partial charge < -0.3 is 5.32 Å². The number of hydrogen-bond donors (Lipinski definition) is 2. The van der Waals surface area contributed by atoms with E-state index in [0.717, 1.165) is 16.6 Å². The van der Waals surface area contributed by atoms with Gasteiger partial charge in [0.05, 0.1) is 28.2 Å². The van der Waals surface area contributed by atoms with Crippen molar-refractivity contribution in [2.75, 3.05) is 10.6 Å². The van der Waals surface area contributed by atoms with Crippen LogP contribution in [0.5, 0.6) is 0 Å². The maximum absolute atomic E-state index is 12.4. The van der Waals surface area contributed by atoms with E-state index in [2.05, 4.69) is 15.6 Å². The van der Waals surface area contributed by atoms with Crippen LogP contribution in [0.25, 0.3) is 11.0 Å². The average molecular weight is 355 g/mol. The van der Waals surface area contributed by atoms with Crippen LogP contribution in [-0.4, -0.2) is 21.4 Å². The molecule has 2 heterocycles. The first-order valence-electron chi connectivity index (χ1n) is 7.87. The van der Waals surface area contributed by atoms with Gasteiger partial charge in [-0.2, -0.15) is 0 Å². The molecule has 0 radical (unpaired) electrons. The van der Waals surface area contributed by atoms with Crippen molar-refractivity contribution in [2.45, 2.75) is 19.4 Å². The van der Waals surface area contributed by atoms with Crippen LogP contribution in [0.1, 0.15) is 18.0 Å². The van der Waals surface area contributed by atoms with Gasteiger partial charge in [0.1, 0.15) is 6.04 Å². The molecular formula is C18H15ClN4O2. The van der Waals surface area contributed by atoms with Gasteiger partial charge in [-0.05, 0) is 36.8 Å². The topological polar surface area (TPSA) is 76.0 Å². The second kappa shape index (κ2) is 5.89. The fourth-order valence-electron chi connectivity index (χ4n) is 3.04. The molecule has 2 N–H and O–H groups in total. The monoisotopic (exact) mass is 354 g/mol. The molecule has 1 aliphatic rings. The minimum Gasteiger partial charge on any atom is -0.325 e. The highest BCUT2D eigenvalue weighted by Crippen LogP contribution is 2.32. The summed E-state index contributed by atoms with van der Waals surface area (Å²) < 4.78 is 1.77. The van der Waals surface area contributed by atoms with Gasteiger partial charge in [0.2, 0.25) is 17.8 Å². The number of para-hydroxylation sites is 2. The van der Waals surface area contributed by atoms with Crippen molar-refractivity contribution in [2.24, 2.45) is 0 Å². The number of fused-ring (bicyclic) bond motifs is 3. The molecule has 126 valence electrons. The number of aryl methyl sites for hydroxylation is 1. The fourth-order valence-corrected chi connectivity index (χ4v) is 3.32. The highest BCUT2D eigenvalue weighted by molar-refractivity contribution is 6.33. The van der Waals surface area contributed by atoms with Crippen molar-refractivity contribution in [3.05, 3.63) is 53.1 Å². The molecule has 0 saturated heterocycles. The van der Waals surface area contributed by atoms with Gasteiger partial charge >= 0.3 is 0 Å². The first-order chi connectivity index (χ1) is 12.0. The van der Waals surface area contributed by atoms with Gasteiger partial charge in [-0.15, -0.1) is 0 Å². The lowest BCUT2D eigenvalue weighted by Gasteiger charge is -2.13. The summed E-state index contributed by atoms with van der Waals surface area (Å²) in [5, 5.41) is 5.97. The zero-order valence-electron chi connectivity index (χ0n) is 13.4. The van der Waals surface area contributed by atoms with E-state index in [4.69, 9.17) is 11.6 Å². The molecule has 0 aliphatic carbocycles. The zero-order chi connectivity index (χ0) is 17.6. The molecular weight excluding hydrogens is 340 g/mol. The number of amides is 2. The van der Waals surface area contributed by atoms with Crippen molar-refractivity contribution >= 4 is 46.1 Å². The highest BCUT2D eigenvalue weighted by atomic mass is 35.5.